The molecule has 0 fully saturated rings. The zero-order chi connectivity index (χ0) is 11.4. The van der Waals surface area contributed by atoms with Crippen molar-refractivity contribution in [2.45, 2.75) is 0 Å². The molecule has 0 heterocycles. The first-order valence-electron chi connectivity index (χ1n) is 4.83. The number of ether oxygens (including phenoxy) is 1. The van der Waals surface area contributed by atoms with Gasteiger partial charge in [-0.1, -0.05) is 18.2 Å². The van der Waals surface area contributed by atoms with Gasteiger partial charge in [0, 0.05) is 6.07 Å². The topological polar surface area (TPSA) is 9.23 Å². The summed E-state index contributed by atoms with van der Waals surface area (Å²) >= 11 is 3.42. The Bertz CT molecular complexity index is 471. The Kier molecular flexibility index (Phi) is 4.23. The van der Waals surface area contributed by atoms with E-state index in [4.69, 9.17) is 4.74 Å². The van der Waals surface area contributed by atoms with Crippen LogP contribution in [0.5, 0.6) is 5.75 Å². The first-order chi connectivity index (χ1) is 7.79. The molecule has 0 aliphatic heterocycles. The van der Waals surface area contributed by atoms with Crippen molar-refractivity contribution in [3.05, 3.63) is 60.1 Å². The molecule has 0 aromatic heterocycles. The fourth-order valence-corrected chi connectivity index (χ4v) is 4.59. The van der Waals surface area contributed by atoms with Gasteiger partial charge in [-0.25, -0.2) is 0 Å². The normalized spacial score (nSPS) is 10.1. The van der Waals surface area contributed by atoms with E-state index in [0.717, 1.165) is 10.2 Å². The highest BCUT2D eigenvalue weighted by Crippen LogP contribution is 2.22. The van der Waals surface area contributed by atoms with Crippen molar-refractivity contribution in [1.82, 2.24) is 0 Å². The zero-order valence-corrected chi connectivity index (χ0v) is 12.5. The van der Waals surface area contributed by atoms with Gasteiger partial charge in [-0.3, -0.25) is 0 Å². The molecule has 0 amide bonds. The van der Waals surface area contributed by atoms with E-state index >= 15 is 0 Å². The minimum absolute atomic E-state index is 0.0917. The average molecular weight is 390 g/mol. The number of hydrogen-bond acceptors (Lipinski definition) is 1. The van der Waals surface area contributed by atoms with Gasteiger partial charge in [0.25, 0.3) is 0 Å². The van der Waals surface area contributed by atoms with Gasteiger partial charge in [-0.15, -0.1) is 0 Å². The highest BCUT2D eigenvalue weighted by atomic mass is 127. The molecule has 2 rings (SSSR count). The third kappa shape index (κ3) is 2.98. The second-order valence-electron chi connectivity index (χ2n) is 3.17. The van der Waals surface area contributed by atoms with Gasteiger partial charge in [0.15, 0.2) is 7.14 Å². The third-order valence-electron chi connectivity index (χ3n) is 2.07. The summed E-state index contributed by atoms with van der Waals surface area (Å²) in [5.41, 5.74) is 0. The first kappa shape index (κ1) is 11.9. The second kappa shape index (κ2) is 5.68. The van der Waals surface area contributed by atoms with Crippen molar-refractivity contribution in [1.29, 1.82) is 0 Å². The summed E-state index contributed by atoms with van der Waals surface area (Å²) in [7, 11) is 1.69. The van der Waals surface area contributed by atoms with Crippen LogP contribution in [0.2, 0.25) is 0 Å². The molecule has 0 aliphatic rings. The quantitative estimate of drug-likeness (QED) is 0.698. The van der Waals surface area contributed by atoms with Crippen LogP contribution in [0.3, 0.4) is 0 Å². The Morgan fingerprint density at radius 1 is 1.00 bits per heavy atom. The molecule has 82 valence electrons. The van der Waals surface area contributed by atoms with E-state index < -0.39 is 0 Å². The van der Waals surface area contributed by atoms with Crippen LogP contribution >= 0.6 is 15.9 Å². The molecule has 3 heteroatoms. The molecule has 0 aliphatic carbocycles. The lowest BCUT2D eigenvalue weighted by atomic mass is 10.3. The summed E-state index contributed by atoms with van der Waals surface area (Å²) in [6, 6.07) is 16.9. The predicted molar refractivity (Wildman–Crippen MR) is 64.5 cm³/mol. The van der Waals surface area contributed by atoms with Crippen molar-refractivity contribution in [2.75, 3.05) is 7.11 Å². The molecule has 0 saturated heterocycles. The lowest BCUT2D eigenvalue weighted by Crippen LogP contribution is -3.61. The maximum absolute atomic E-state index is 5.22. The lowest BCUT2D eigenvalue weighted by Gasteiger charge is -2.00. The SMILES string of the molecule is COc1ccc([I+]c2ccccc2)cc1Br. The van der Waals surface area contributed by atoms with Crippen LogP contribution in [0, 0.1) is 7.14 Å². The largest absolute Gasteiger partial charge is 0.496 e. The van der Waals surface area contributed by atoms with Crippen LogP contribution < -0.4 is 25.9 Å². The van der Waals surface area contributed by atoms with Crippen LogP contribution in [-0.4, -0.2) is 7.11 Å². The molecule has 0 unspecified atom stereocenters. The monoisotopic (exact) mass is 389 g/mol. The molecule has 0 radical (unpaired) electrons. The average Bonchev–Trinajstić information content (AvgIpc) is 2.31. The Morgan fingerprint density at radius 3 is 2.38 bits per heavy atom. The Labute approximate surface area is 114 Å². The van der Waals surface area contributed by atoms with Gasteiger partial charge in [0.2, 0.25) is 0 Å². The smallest absolute Gasteiger partial charge is 0.357 e. The van der Waals surface area contributed by atoms with Gasteiger partial charge in [0.1, 0.15) is 5.75 Å². The highest BCUT2D eigenvalue weighted by molar-refractivity contribution is 9.10. The maximum Gasteiger partial charge on any atom is 0.357 e. The standard InChI is InChI=1S/C13H11BrIO/c1-16-13-8-7-11(9-12(13)14)15-10-5-3-2-4-6-10/h2-9H,1H3/q+1. The molecular formula is C13H11BrIO+. The van der Waals surface area contributed by atoms with Gasteiger partial charge in [0.05, 0.1) is 11.6 Å². The van der Waals surface area contributed by atoms with E-state index in [1.165, 1.54) is 7.14 Å². The van der Waals surface area contributed by atoms with E-state index in [-0.39, 0.29) is 21.2 Å². The molecular weight excluding hydrogens is 379 g/mol. The number of rotatable bonds is 3. The van der Waals surface area contributed by atoms with Crippen LogP contribution in [0.4, 0.5) is 0 Å². The molecule has 2 aromatic rings. The fraction of sp³-hybridized carbons (Fsp3) is 0.0769. The van der Waals surface area contributed by atoms with E-state index in [1.807, 2.05) is 6.07 Å². The Hall–Kier alpha value is -0.550. The summed E-state index contributed by atoms with van der Waals surface area (Å²) in [6.45, 7) is 0. The summed E-state index contributed by atoms with van der Waals surface area (Å²) in [5, 5.41) is 0. The molecule has 16 heavy (non-hydrogen) atoms. The maximum atomic E-state index is 5.22. The Morgan fingerprint density at radius 2 is 1.75 bits per heavy atom. The van der Waals surface area contributed by atoms with Crippen molar-refractivity contribution >= 4 is 15.9 Å². The highest BCUT2D eigenvalue weighted by Gasteiger charge is 2.16. The number of benzene rings is 2. The van der Waals surface area contributed by atoms with E-state index in [9.17, 15) is 0 Å². The van der Waals surface area contributed by atoms with Crippen LogP contribution in [-0.2, 0) is 0 Å². The predicted octanol–water partition coefficient (Wildman–Crippen LogP) is 0.586. The van der Waals surface area contributed by atoms with Crippen LogP contribution in [0.15, 0.2) is 53.0 Å². The van der Waals surface area contributed by atoms with E-state index in [1.54, 1.807) is 7.11 Å². The van der Waals surface area contributed by atoms with E-state index in [2.05, 4.69) is 58.4 Å². The molecule has 0 spiro atoms. The second-order valence-corrected chi connectivity index (χ2v) is 7.05. The first-order valence-corrected chi connectivity index (χ1v) is 7.78. The summed E-state index contributed by atoms with van der Waals surface area (Å²) < 4.78 is 9.06. The van der Waals surface area contributed by atoms with Gasteiger partial charge in [-0.05, 0) is 40.2 Å². The Balaban J connectivity index is 2.20. The van der Waals surface area contributed by atoms with Gasteiger partial charge in [-0.2, -0.15) is 0 Å². The summed E-state index contributed by atoms with van der Waals surface area (Å²) in [5.74, 6) is 0.890. The summed E-state index contributed by atoms with van der Waals surface area (Å²) in [4.78, 5) is 0. The molecule has 0 atom stereocenters. The van der Waals surface area contributed by atoms with Crippen LogP contribution in [0.25, 0.3) is 0 Å². The van der Waals surface area contributed by atoms with Gasteiger partial charge < -0.3 is 4.74 Å². The molecule has 0 bridgehead atoms. The van der Waals surface area contributed by atoms with E-state index in [0.29, 0.717) is 0 Å². The van der Waals surface area contributed by atoms with Crippen molar-refractivity contribution in [3.63, 3.8) is 0 Å². The fourth-order valence-electron chi connectivity index (χ4n) is 1.30. The molecule has 2 aromatic carbocycles. The molecule has 0 saturated carbocycles. The molecule has 0 N–H and O–H groups in total. The minimum atomic E-state index is -0.0917. The molecule has 1 nitrogen and oxygen atoms in total. The summed E-state index contributed by atoms with van der Waals surface area (Å²) in [6.07, 6.45) is 0. The number of halogens is 2. The van der Waals surface area contributed by atoms with Crippen molar-refractivity contribution < 1.29 is 25.9 Å². The lowest BCUT2D eigenvalue weighted by molar-refractivity contribution is -0.597. The zero-order valence-electron chi connectivity index (χ0n) is 8.78. The van der Waals surface area contributed by atoms with Crippen molar-refractivity contribution in [2.24, 2.45) is 0 Å². The van der Waals surface area contributed by atoms with Crippen LogP contribution in [0.1, 0.15) is 0 Å². The minimum Gasteiger partial charge on any atom is -0.496 e. The number of hydrogen-bond donors (Lipinski definition) is 0. The van der Waals surface area contributed by atoms with Gasteiger partial charge >= 0.3 is 21.2 Å². The third-order valence-corrected chi connectivity index (χ3v) is 5.32. The number of methoxy groups -OCH3 is 1. The van der Waals surface area contributed by atoms with Crippen molar-refractivity contribution in [3.8, 4) is 5.75 Å².